The van der Waals surface area contributed by atoms with Crippen LogP contribution in [0, 0.1) is 0 Å². The zero-order valence-corrected chi connectivity index (χ0v) is 7.42. The summed E-state index contributed by atoms with van der Waals surface area (Å²) in [5, 5.41) is 0. The Morgan fingerprint density at radius 3 is 1.36 bits per heavy atom. The molecule has 11 heavy (non-hydrogen) atoms. The van der Waals surface area contributed by atoms with Gasteiger partial charge in [0.05, 0.1) is 25.4 Å². The van der Waals surface area contributed by atoms with Gasteiger partial charge in [0.25, 0.3) is 0 Å². The first-order valence-corrected chi connectivity index (χ1v) is 3.44. The van der Waals surface area contributed by atoms with Crippen LogP contribution in [0.4, 0.5) is 0 Å². The highest BCUT2D eigenvalue weighted by Gasteiger charge is 2.24. The molecular weight excluding hydrogens is 146 g/mol. The van der Waals surface area contributed by atoms with E-state index in [4.69, 9.17) is 19.9 Å². The average molecular weight is 163 g/mol. The van der Waals surface area contributed by atoms with Crippen molar-refractivity contribution in [2.45, 2.75) is 5.54 Å². The summed E-state index contributed by atoms with van der Waals surface area (Å²) in [4.78, 5) is 0. The first-order valence-electron chi connectivity index (χ1n) is 3.44. The van der Waals surface area contributed by atoms with Gasteiger partial charge in [0.2, 0.25) is 0 Å². The van der Waals surface area contributed by atoms with Crippen molar-refractivity contribution in [1.82, 2.24) is 0 Å². The van der Waals surface area contributed by atoms with E-state index in [2.05, 4.69) is 0 Å². The van der Waals surface area contributed by atoms with Gasteiger partial charge in [-0.25, -0.2) is 0 Å². The number of hydrogen-bond acceptors (Lipinski definition) is 4. The number of ether oxygens (including phenoxy) is 3. The fourth-order valence-electron chi connectivity index (χ4n) is 0.987. The second kappa shape index (κ2) is 5.49. The maximum atomic E-state index is 5.85. The lowest BCUT2D eigenvalue weighted by molar-refractivity contribution is 0.0154. The molecule has 4 heteroatoms. The van der Waals surface area contributed by atoms with Crippen molar-refractivity contribution in [2.24, 2.45) is 5.73 Å². The standard InChI is InChI=1S/C7H17NO3/c1-9-4-7(8,5-10-2)6-11-3/h4-6,8H2,1-3H3. The number of nitrogens with two attached hydrogens (primary N) is 1. The zero-order valence-electron chi connectivity index (χ0n) is 7.42. The Kier molecular flexibility index (Phi) is 5.41. The van der Waals surface area contributed by atoms with Crippen LogP contribution in [-0.4, -0.2) is 46.7 Å². The molecule has 0 aliphatic rings. The average Bonchev–Trinajstić information content (AvgIpc) is 1.88. The molecule has 0 saturated heterocycles. The second-order valence-electron chi connectivity index (χ2n) is 2.66. The third-order valence-corrected chi connectivity index (χ3v) is 1.30. The molecule has 0 radical (unpaired) electrons. The Balaban J connectivity index is 3.79. The molecule has 0 amide bonds. The lowest BCUT2D eigenvalue weighted by Crippen LogP contribution is -2.52. The normalized spacial score (nSPS) is 12.0. The third-order valence-electron chi connectivity index (χ3n) is 1.30. The molecule has 0 aromatic carbocycles. The van der Waals surface area contributed by atoms with E-state index in [1.807, 2.05) is 0 Å². The quantitative estimate of drug-likeness (QED) is 0.580. The minimum Gasteiger partial charge on any atom is -0.383 e. The zero-order chi connectivity index (χ0) is 8.74. The first-order chi connectivity index (χ1) is 5.18. The predicted octanol–water partition coefficient (Wildman–Crippen LogP) is -0.377. The van der Waals surface area contributed by atoms with Gasteiger partial charge in [-0.05, 0) is 0 Å². The Bertz CT molecular complexity index is 80.7. The molecule has 0 aromatic heterocycles. The molecule has 0 saturated carbocycles. The Labute approximate surface area is 67.6 Å². The highest BCUT2D eigenvalue weighted by Crippen LogP contribution is 2.01. The molecule has 0 spiro atoms. The minimum absolute atomic E-state index is 0.439. The summed E-state index contributed by atoms with van der Waals surface area (Å²) in [6, 6.07) is 0. The van der Waals surface area contributed by atoms with E-state index in [1.54, 1.807) is 21.3 Å². The largest absolute Gasteiger partial charge is 0.383 e. The molecule has 2 N–H and O–H groups in total. The van der Waals surface area contributed by atoms with Crippen LogP contribution in [0.25, 0.3) is 0 Å². The van der Waals surface area contributed by atoms with E-state index < -0.39 is 5.54 Å². The van der Waals surface area contributed by atoms with E-state index >= 15 is 0 Å². The number of methoxy groups -OCH3 is 3. The van der Waals surface area contributed by atoms with Gasteiger partial charge in [-0.1, -0.05) is 0 Å². The fraction of sp³-hybridized carbons (Fsp3) is 1.00. The van der Waals surface area contributed by atoms with Crippen LogP contribution in [0.15, 0.2) is 0 Å². The second-order valence-corrected chi connectivity index (χ2v) is 2.66. The van der Waals surface area contributed by atoms with Gasteiger partial charge in [-0.3, -0.25) is 0 Å². The van der Waals surface area contributed by atoms with Crippen molar-refractivity contribution in [2.75, 3.05) is 41.2 Å². The summed E-state index contributed by atoms with van der Waals surface area (Å²) in [6.45, 7) is 1.32. The first kappa shape index (κ1) is 10.8. The van der Waals surface area contributed by atoms with Crippen molar-refractivity contribution in [3.05, 3.63) is 0 Å². The molecule has 68 valence electrons. The molecule has 4 nitrogen and oxygen atoms in total. The lowest BCUT2D eigenvalue weighted by atomic mass is 10.1. The van der Waals surface area contributed by atoms with Crippen LogP contribution >= 0.6 is 0 Å². The number of hydrogen-bond donors (Lipinski definition) is 1. The SMILES string of the molecule is COCC(N)(COC)COC. The van der Waals surface area contributed by atoms with Crippen molar-refractivity contribution in [1.29, 1.82) is 0 Å². The molecule has 0 fully saturated rings. The van der Waals surface area contributed by atoms with Gasteiger partial charge in [-0.15, -0.1) is 0 Å². The van der Waals surface area contributed by atoms with Gasteiger partial charge >= 0.3 is 0 Å². The molecule has 0 aliphatic carbocycles. The molecule has 0 aliphatic heterocycles. The topological polar surface area (TPSA) is 53.7 Å². The molecule has 0 unspecified atom stereocenters. The minimum atomic E-state index is -0.516. The van der Waals surface area contributed by atoms with Crippen molar-refractivity contribution < 1.29 is 14.2 Å². The van der Waals surface area contributed by atoms with E-state index in [-0.39, 0.29) is 0 Å². The van der Waals surface area contributed by atoms with Crippen LogP contribution in [0.3, 0.4) is 0 Å². The summed E-state index contributed by atoms with van der Waals surface area (Å²) in [7, 11) is 4.81. The van der Waals surface area contributed by atoms with Gasteiger partial charge in [-0.2, -0.15) is 0 Å². The van der Waals surface area contributed by atoms with E-state index in [9.17, 15) is 0 Å². The molecule has 0 rings (SSSR count). The Hall–Kier alpha value is -0.160. The smallest absolute Gasteiger partial charge is 0.0864 e. The van der Waals surface area contributed by atoms with E-state index in [1.165, 1.54) is 0 Å². The maximum Gasteiger partial charge on any atom is 0.0864 e. The van der Waals surface area contributed by atoms with Gasteiger partial charge < -0.3 is 19.9 Å². The fourth-order valence-corrected chi connectivity index (χ4v) is 0.987. The Morgan fingerprint density at radius 1 is 0.909 bits per heavy atom. The molecular formula is C7H17NO3. The maximum absolute atomic E-state index is 5.85. The van der Waals surface area contributed by atoms with Crippen LogP contribution in [0.2, 0.25) is 0 Å². The summed E-state index contributed by atoms with van der Waals surface area (Å²) < 4.78 is 14.8. The molecule has 0 bridgehead atoms. The predicted molar refractivity (Wildman–Crippen MR) is 42.5 cm³/mol. The third kappa shape index (κ3) is 4.31. The van der Waals surface area contributed by atoms with E-state index in [0.717, 1.165) is 0 Å². The van der Waals surface area contributed by atoms with Gasteiger partial charge in [0.15, 0.2) is 0 Å². The van der Waals surface area contributed by atoms with Crippen molar-refractivity contribution in [3.63, 3.8) is 0 Å². The monoisotopic (exact) mass is 163 g/mol. The number of rotatable bonds is 6. The molecule has 0 heterocycles. The van der Waals surface area contributed by atoms with E-state index in [0.29, 0.717) is 19.8 Å². The van der Waals surface area contributed by atoms with Crippen LogP contribution in [0.1, 0.15) is 0 Å². The van der Waals surface area contributed by atoms with Crippen LogP contribution in [-0.2, 0) is 14.2 Å². The van der Waals surface area contributed by atoms with Crippen LogP contribution in [0.5, 0.6) is 0 Å². The van der Waals surface area contributed by atoms with Crippen molar-refractivity contribution >= 4 is 0 Å². The lowest BCUT2D eigenvalue weighted by Gasteiger charge is -2.26. The molecule has 0 aromatic rings. The van der Waals surface area contributed by atoms with Crippen LogP contribution < -0.4 is 5.73 Å². The van der Waals surface area contributed by atoms with Crippen molar-refractivity contribution in [3.8, 4) is 0 Å². The highest BCUT2D eigenvalue weighted by atomic mass is 16.5. The van der Waals surface area contributed by atoms with Gasteiger partial charge in [0, 0.05) is 21.3 Å². The molecule has 0 atom stereocenters. The summed E-state index contributed by atoms with van der Waals surface area (Å²) in [5.41, 5.74) is 5.34. The summed E-state index contributed by atoms with van der Waals surface area (Å²) >= 11 is 0. The Morgan fingerprint density at radius 2 is 1.18 bits per heavy atom. The summed E-state index contributed by atoms with van der Waals surface area (Å²) in [6.07, 6.45) is 0. The highest BCUT2D eigenvalue weighted by molar-refractivity contribution is 4.83. The summed E-state index contributed by atoms with van der Waals surface area (Å²) in [5.74, 6) is 0. The van der Waals surface area contributed by atoms with Gasteiger partial charge in [0.1, 0.15) is 0 Å².